The molecule has 1 aromatic rings. The van der Waals surface area contributed by atoms with Crippen molar-refractivity contribution < 1.29 is 10.0 Å². The smallest absolute Gasteiger partial charge is 0.423 e. The van der Waals surface area contributed by atoms with Crippen molar-refractivity contribution in [3.8, 4) is 0 Å². The second-order valence-electron chi connectivity index (χ2n) is 4.17. The minimum Gasteiger partial charge on any atom is -0.423 e. The van der Waals surface area contributed by atoms with Gasteiger partial charge >= 0.3 is 7.12 Å². The van der Waals surface area contributed by atoms with Crippen LogP contribution in [0.3, 0.4) is 0 Å². The molecule has 0 unspecified atom stereocenters. The lowest BCUT2D eigenvalue weighted by molar-refractivity contribution is 0.425. The van der Waals surface area contributed by atoms with E-state index in [-0.39, 0.29) is 0 Å². The van der Waals surface area contributed by atoms with Crippen LogP contribution in [-0.2, 0) is 0 Å². The first-order valence-corrected chi connectivity index (χ1v) is 5.71. The van der Waals surface area contributed by atoms with Crippen molar-refractivity contribution in [3.05, 3.63) is 28.8 Å². The van der Waals surface area contributed by atoms with E-state index in [4.69, 9.17) is 21.6 Å². The van der Waals surface area contributed by atoms with E-state index >= 15 is 0 Å². The van der Waals surface area contributed by atoms with Gasteiger partial charge in [-0.25, -0.2) is 0 Å². The zero-order valence-electron chi connectivity index (χ0n) is 8.49. The lowest BCUT2D eigenvalue weighted by Crippen LogP contribution is -2.30. The molecule has 0 bridgehead atoms. The molecule has 2 rings (SSSR count). The summed E-state index contributed by atoms with van der Waals surface area (Å²) in [5.41, 5.74) is 1.63. The predicted octanol–water partition coefficient (Wildman–Crippen LogP) is 1.68. The summed E-state index contributed by atoms with van der Waals surface area (Å²) >= 11 is 5.95. The van der Waals surface area contributed by atoms with E-state index in [0.29, 0.717) is 16.4 Å². The minimum atomic E-state index is -1.43. The molecule has 0 aliphatic heterocycles. The Bertz CT molecular complexity index is 348. The highest BCUT2D eigenvalue weighted by Crippen LogP contribution is 2.34. The molecule has 1 aromatic carbocycles. The van der Waals surface area contributed by atoms with Crippen LogP contribution in [0.2, 0.25) is 5.02 Å². The molecule has 1 fully saturated rings. The van der Waals surface area contributed by atoms with Crippen molar-refractivity contribution >= 4 is 24.2 Å². The van der Waals surface area contributed by atoms with E-state index in [1.807, 2.05) is 12.1 Å². The third-order valence-corrected chi connectivity index (χ3v) is 3.29. The monoisotopic (exact) mass is 224 g/mol. The van der Waals surface area contributed by atoms with Crippen LogP contribution < -0.4 is 5.46 Å². The van der Waals surface area contributed by atoms with E-state index in [1.165, 1.54) is 25.7 Å². The first-order valence-electron chi connectivity index (χ1n) is 5.33. The number of hydrogen-bond donors (Lipinski definition) is 2. The summed E-state index contributed by atoms with van der Waals surface area (Å²) in [7, 11) is -1.43. The SMILES string of the molecule is OB(O)c1cc(Cl)cc(C2CCCC2)c1. The molecule has 80 valence electrons. The molecule has 0 heterocycles. The topological polar surface area (TPSA) is 40.5 Å². The largest absolute Gasteiger partial charge is 0.488 e. The van der Waals surface area contributed by atoms with Gasteiger partial charge in [0, 0.05) is 5.02 Å². The molecule has 0 amide bonds. The molecular formula is C11H14BClO2. The lowest BCUT2D eigenvalue weighted by Gasteiger charge is -2.12. The number of halogens is 1. The Labute approximate surface area is 95.0 Å². The van der Waals surface area contributed by atoms with Crippen LogP contribution >= 0.6 is 11.6 Å². The fourth-order valence-electron chi connectivity index (χ4n) is 2.28. The van der Waals surface area contributed by atoms with Gasteiger partial charge in [0.05, 0.1) is 0 Å². The normalized spacial score (nSPS) is 17.0. The summed E-state index contributed by atoms with van der Waals surface area (Å²) in [6.07, 6.45) is 4.88. The highest BCUT2D eigenvalue weighted by atomic mass is 35.5. The van der Waals surface area contributed by atoms with Crippen LogP contribution in [-0.4, -0.2) is 17.2 Å². The van der Waals surface area contributed by atoms with E-state index in [9.17, 15) is 0 Å². The molecule has 0 saturated heterocycles. The molecule has 1 aliphatic rings. The van der Waals surface area contributed by atoms with Crippen LogP contribution in [0.4, 0.5) is 0 Å². The molecular weight excluding hydrogens is 210 g/mol. The first kappa shape index (κ1) is 11.0. The summed E-state index contributed by atoms with van der Waals surface area (Å²) in [5.74, 6) is 0.543. The zero-order chi connectivity index (χ0) is 10.8. The van der Waals surface area contributed by atoms with Crippen molar-refractivity contribution in [2.75, 3.05) is 0 Å². The molecule has 0 radical (unpaired) electrons. The van der Waals surface area contributed by atoms with E-state index in [1.54, 1.807) is 6.07 Å². The summed E-state index contributed by atoms with van der Waals surface area (Å²) in [5, 5.41) is 18.8. The zero-order valence-corrected chi connectivity index (χ0v) is 9.24. The van der Waals surface area contributed by atoms with Crippen molar-refractivity contribution in [1.29, 1.82) is 0 Å². The van der Waals surface area contributed by atoms with Gasteiger partial charge in [0.25, 0.3) is 0 Å². The Hall–Kier alpha value is -0.505. The van der Waals surface area contributed by atoms with Crippen molar-refractivity contribution in [1.82, 2.24) is 0 Å². The summed E-state index contributed by atoms with van der Waals surface area (Å²) in [4.78, 5) is 0. The Balaban J connectivity index is 2.30. The van der Waals surface area contributed by atoms with Crippen molar-refractivity contribution in [3.63, 3.8) is 0 Å². The molecule has 1 aliphatic carbocycles. The van der Waals surface area contributed by atoms with E-state index < -0.39 is 7.12 Å². The fraction of sp³-hybridized carbons (Fsp3) is 0.455. The van der Waals surface area contributed by atoms with Crippen LogP contribution in [0.5, 0.6) is 0 Å². The van der Waals surface area contributed by atoms with Gasteiger partial charge in [0.1, 0.15) is 0 Å². The fourth-order valence-corrected chi connectivity index (χ4v) is 2.53. The third-order valence-electron chi connectivity index (χ3n) is 3.07. The minimum absolute atomic E-state index is 0.490. The van der Waals surface area contributed by atoms with Crippen LogP contribution in [0.15, 0.2) is 18.2 Å². The Kier molecular flexibility index (Phi) is 3.34. The standard InChI is InChI=1S/C11H14BClO2/c13-11-6-9(8-3-1-2-4-8)5-10(7-11)12(14)15/h5-8,14-15H,1-4H2. The number of hydrogen-bond acceptors (Lipinski definition) is 2. The first-order chi connectivity index (χ1) is 7.16. The number of rotatable bonds is 2. The summed E-state index contributed by atoms with van der Waals surface area (Å²) < 4.78 is 0. The second kappa shape index (κ2) is 4.56. The maximum Gasteiger partial charge on any atom is 0.488 e. The van der Waals surface area contributed by atoms with Gasteiger partial charge in [0.2, 0.25) is 0 Å². The third kappa shape index (κ3) is 2.54. The van der Waals surface area contributed by atoms with Gasteiger partial charge < -0.3 is 10.0 Å². The van der Waals surface area contributed by atoms with Gasteiger partial charge in [-0.3, -0.25) is 0 Å². The molecule has 0 aromatic heterocycles. The van der Waals surface area contributed by atoms with Gasteiger partial charge in [0.15, 0.2) is 0 Å². The average Bonchev–Trinajstić information content (AvgIpc) is 2.69. The Morgan fingerprint density at radius 3 is 2.40 bits per heavy atom. The second-order valence-corrected chi connectivity index (χ2v) is 4.61. The highest BCUT2D eigenvalue weighted by molar-refractivity contribution is 6.59. The molecule has 2 N–H and O–H groups in total. The van der Waals surface area contributed by atoms with E-state index in [0.717, 1.165) is 5.56 Å². The maximum absolute atomic E-state index is 9.11. The molecule has 0 atom stereocenters. The Morgan fingerprint density at radius 1 is 1.13 bits per heavy atom. The van der Waals surface area contributed by atoms with Crippen LogP contribution in [0, 0.1) is 0 Å². The predicted molar refractivity (Wildman–Crippen MR) is 62.5 cm³/mol. The Morgan fingerprint density at radius 2 is 1.80 bits per heavy atom. The maximum atomic E-state index is 9.11. The van der Waals surface area contributed by atoms with Gasteiger partial charge in [-0.05, 0) is 41.9 Å². The molecule has 0 spiro atoms. The van der Waals surface area contributed by atoms with Crippen molar-refractivity contribution in [2.24, 2.45) is 0 Å². The molecule has 15 heavy (non-hydrogen) atoms. The van der Waals surface area contributed by atoms with Crippen molar-refractivity contribution in [2.45, 2.75) is 31.6 Å². The van der Waals surface area contributed by atoms with Gasteiger partial charge in [-0.2, -0.15) is 0 Å². The molecule has 4 heteroatoms. The highest BCUT2D eigenvalue weighted by Gasteiger charge is 2.20. The summed E-state index contributed by atoms with van der Waals surface area (Å²) in [6, 6.07) is 5.39. The van der Waals surface area contributed by atoms with Crippen LogP contribution in [0.1, 0.15) is 37.2 Å². The quantitative estimate of drug-likeness (QED) is 0.751. The summed E-state index contributed by atoms with van der Waals surface area (Å²) in [6.45, 7) is 0. The molecule has 1 saturated carbocycles. The average molecular weight is 224 g/mol. The van der Waals surface area contributed by atoms with Crippen LogP contribution in [0.25, 0.3) is 0 Å². The number of benzene rings is 1. The lowest BCUT2D eigenvalue weighted by atomic mass is 9.78. The van der Waals surface area contributed by atoms with E-state index in [2.05, 4.69) is 0 Å². The van der Waals surface area contributed by atoms with Gasteiger partial charge in [-0.1, -0.05) is 30.5 Å². The van der Waals surface area contributed by atoms with Gasteiger partial charge in [-0.15, -0.1) is 0 Å². The molecule has 2 nitrogen and oxygen atoms in total.